The van der Waals surface area contributed by atoms with E-state index in [1.54, 1.807) is 0 Å². The predicted octanol–water partition coefficient (Wildman–Crippen LogP) is 1.90. The van der Waals surface area contributed by atoms with Crippen LogP contribution in [-0.2, 0) is 0 Å². The molecule has 0 spiro atoms. The van der Waals surface area contributed by atoms with Crippen LogP contribution in [0.1, 0.15) is 45.4 Å². The van der Waals surface area contributed by atoms with Crippen LogP contribution in [0.3, 0.4) is 0 Å². The molecule has 0 bridgehead atoms. The van der Waals surface area contributed by atoms with Crippen molar-refractivity contribution in [2.75, 3.05) is 19.6 Å². The topological polar surface area (TPSA) is 38.0 Å². The van der Waals surface area contributed by atoms with Crippen molar-refractivity contribution >= 4 is 0 Å². The van der Waals surface area contributed by atoms with Crippen LogP contribution in [0.2, 0.25) is 0 Å². The van der Waals surface area contributed by atoms with E-state index < -0.39 is 0 Å². The highest BCUT2D eigenvalue weighted by atomic mass is 14.9. The second-order valence-corrected chi connectivity index (χ2v) is 4.42. The Morgan fingerprint density at radius 3 is 2.62 bits per heavy atom. The van der Waals surface area contributed by atoms with E-state index in [9.17, 15) is 0 Å². The molecule has 1 heterocycles. The molecule has 1 fully saturated rings. The third-order valence-electron chi connectivity index (χ3n) is 3.30. The fourth-order valence-corrected chi connectivity index (χ4v) is 2.38. The van der Waals surface area contributed by atoms with Crippen molar-refractivity contribution in [2.45, 2.75) is 45.4 Å². The summed E-state index contributed by atoms with van der Waals surface area (Å²) in [4.78, 5) is 0. The first kappa shape index (κ1) is 11.0. The maximum absolute atomic E-state index is 5.57. The number of hydrogen-bond donors (Lipinski definition) is 2. The maximum atomic E-state index is 5.57. The Kier molecular flexibility index (Phi) is 4.74. The van der Waals surface area contributed by atoms with Crippen molar-refractivity contribution in [1.82, 2.24) is 5.32 Å². The van der Waals surface area contributed by atoms with E-state index in [1.165, 1.54) is 51.6 Å². The molecular formula is C11H24N2. The number of hydrogen-bond acceptors (Lipinski definition) is 2. The van der Waals surface area contributed by atoms with Crippen LogP contribution >= 0.6 is 0 Å². The summed E-state index contributed by atoms with van der Waals surface area (Å²) in [5.41, 5.74) is 6.18. The molecule has 1 saturated heterocycles. The van der Waals surface area contributed by atoms with E-state index >= 15 is 0 Å². The van der Waals surface area contributed by atoms with Crippen molar-refractivity contribution in [1.29, 1.82) is 0 Å². The first-order valence-electron chi connectivity index (χ1n) is 5.74. The van der Waals surface area contributed by atoms with E-state index in [2.05, 4.69) is 12.2 Å². The van der Waals surface area contributed by atoms with Crippen molar-refractivity contribution in [3.05, 3.63) is 0 Å². The second-order valence-electron chi connectivity index (χ2n) is 4.42. The van der Waals surface area contributed by atoms with Gasteiger partial charge in [-0.05, 0) is 44.2 Å². The van der Waals surface area contributed by atoms with Gasteiger partial charge in [0.25, 0.3) is 0 Å². The van der Waals surface area contributed by atoms with E-state index in [4.69, 9.17) is 5.73 Å². The van der Waals surface area contributed by atoms with Crippen LogP contribution in [0.15, 0.2) is 0 Å². The summed E-state index contributed by atoms with van der Waals surface area (Å²) in [7, 11) is 0. The first-order chi connectivity index (χ1) is 6.33. The molecule has 0 aromatic carbocycles. The molecule has 1 rings (SSSR count). The van der Waals surface area contributed by atoms with E-state index in [1.807, 2.05) is 0 Å². The molecule has 3 N–H and O–H groups in total. The summed E-state index contributed by atoms with van der Waals surface area (Å²) in [6.07, 6.45) is 8.00. The van der Waals surface area contributed by atoms with Crippen LogP contribution in [0.5, 0.6) is 0 Å². The van der Waals surface area contributed by atoms with Crippen LogP contribution in [0, 0.1) is 5.41 Å². The molecule has 13 heavy (non-hydrogen) atoms. The van der Waals surface area contributed by atoms with Gasteiger partial charge in [-0.1, -0.05) is 19.8 Å². The molecule has 1 aliphatic heterocycles. The van der Waals surface area contributed by atoms with Crippen molar-refractivity contribution < 1.29 is 0 Å². The number of unbranched alkanes of at least 4 members (excludes halogenated alkanes) is 1. The minimum atomic E-state index is 0.607. The smallest absolute Gasteiger partial charge is 0.000829 e. The summed E-state index contributed by atoms with van der Waals surface area (Å²) in [5, 5.41) is 3.49. The first-order valence-corrected chi connectivity index (χ1v) is 5.74. The van der Waals surface area contributed by atoms with Gasteiger partial charge in [0.05, 0.1) is 0 Å². The lowest BCUT2D eigenvalue weighted by atomic mass is 9.78. The SMILES string of the molecule is CCCCC1(CCCN)CCNC1. The molecule has 2 heteroatoms. The molecule has 1 aliphatic rings. The summed E-state index contributed by atoms with van der Waals surface area (Å²) in [5.74, 6) is 0. The zero-order valence-corrected chi connectivity index (χ0v) is 8.94. The Hall–Kier alpha value is -0.0800. The van der Waals surface area contributed by atoms with Crippen molar-refractivity contribution in [3.8, 4) is 0 Å². The van der Waals surface area contributed by atoms with E-state index in [0.29, 0.717) is 5.41 Å². The highest BCUT2D eigenvalue weighted by Gasteiger charge is 2.31. The van der Waals surface area contributed by atoms with Gasteiger partial charge in [-0.2, -0.15) is 0 Å². The van der Waals surface area contributed by atoms with Crippen molar-refractivity contribution in [2.24, 2.45) is 11.1 Å². The standard InChI is InChI=1S/C11H24N2/c1-2-3-5-11(6-4-8-12)7-9-13-10-11/h13H,2-10,12H2,1H3. The number of nitrogens with two attached hydrogens (primary N) is 1. The molecule has 0 aliphatic carbocycles. The molecule has 0 saturated carbocycles. The molecule has 0 aromatic rings. The highest BCUT2D eigenvalue weighted by Crippen LogP contribution is 2.36. The Morgan fingerprint density at radius 1 is 1.31 bits per heavy atom. The molecule has 0 aromatic heterocycles. The largest absolute Gasteiger partial charge is 0.330 e. The van der Waals surface area contributed by atoms with Gasteiger partial charge in [-0.25, -0.2) is 0 Å². The van der Waals surface area contributed by atoms with Gasteiger partial charge in [-0.3, -0.25) is 0 Å². The van der Waals surface area contributed by atoms with Crippen LogP contribution < -0.4 is 11.1 Å². The molecule has 78 valence electrons. The lowest BCUT2D eigenvalue weighted by Gasteiger charge is -2.28. The molecule has 2 nitrogen and oxygen atoms in total. The van der Waals surface area contributed by atoms with Gasteiger partial charge in [-0.15, -0.1) is 0 Å². The summed E-state index contributed by atoms with van der Waals surface area (Å²) in [6, 6.07) is 0. The summed E-state index contributed by atoms with van der Waals surface area (Å²) < 4.78 is 0. The average molecular weight is 184 g/mol. The molecule has 1 atom stereocenters. The van der Waals surface area contributed by atoms with Gasteiger partial charge < -0.3 is 11.1 Å². The Morgan fingerprint density at radius 2 is 2.08 bits per heavy atom. The Balaban J connectivity index is 2.33. The van der Waals surface area contributed by atoms with Gasteiger partial charge in [0.2, 0.25) is 0 Å². The lowest BCUT2D eigenvalue weighted by molar-refractivity contribution is 0.258. The maximum Gasteiger partial charge on any atom is 0.000829 e. The summed E-state index contributed by atoms with van der Waals surface area (Å²) in [6.45, 7) is 5.58. The Bertz CT molecular complexity index is 118. The third kappa shape index (κ3) is 3.28. The number of rotatable bonds is 6. The Labute approximate surface area is 82.3 Å². The third-order valence-corrected chi connectivity index (χ3v) is 3.30. The predicted molar refractivity (Wildman–Crippen MR) is 57.7 cm³/mol. The zero-order valence-electron chi connectivity index (χ0n) is 8.94. The minimum absolute atomic E-state index is 0.607. The lowest BCUT2D eigenvalue weighted by Crippen LogP contribution is -2.25. The van der Waals surface area contributed by atoms with Crippen LogP contribution in [-0.4, -0.2) is 19.6 Å². The highest BCUT2D eigenvalue weighted by molar-refractivity contribution is 4.87. The van der Waals surface area contributed by atoms with E-state index in [0.717, 1.165) is 6.54 Å². The fourth-order valence-electron chi connectivity index (χ4n) is 2.38. The fraction of sp³-hybridized carbons (Fsp3) is 1.00. The quantitative estimate of drug-likeness (QED) is 0.661. The molecule has 1 unspecified atom stereocenters. The summed E-state index contributed by atoms with van der Waals surface area (Å²) >= 11 is 0. The molecule has 0 radical (unpaired) electrons. The van der Waals surface area contributed by atoms with Gasteiger partial charge in [0, 0.05) is 6.54 Å². The minimum Gasteiger partial charge on any atom is -0.330 e. The van der Waals surface area contributed by atoms with Gasteiger partial charge in [0.1, 0.15) is 0 Å². The van der Waals surface area contributed by atoms with Crippen molar-refractivity contribution in [3.63, 3.8) is 0 Å². The van der Waals surface area contributed by atoms with E-state index in [-0.39, 0.29) is 0 Å². The van der Waals surface area contributed by atoms with Crippen LogP contribution in [0.25, 0.3) is 0 Å². The average Bonchev–Trinajstić information content (AvgIpc) is 2.61. The normalized spacial score (nSPS) is 28.2. The second kappa shape index (κ2) is 5.61. The van der Waals surface area contributed by atoms with Gasteiger partial charge >= 0.3 is 0 Å². The number of nitrogens with one attached hydrogen (secondary N) is 1. The van der Waals surface area contributed by atoms with Crippen LogP contribution in [0.4, 0.5) is 0 Å². The zero-order chi connectivity index (χ0) is 9.57. The van der Waals surface area contributed by atoms with Gasteiger partial charge in [0.15, 0.2) is 0 Å². The monoisotopic (exact) mass is 184 g/mol. The molecular weight excluding hydrogens is 160 g/mol. The molecule has 0 amide bonds.